The average molecular weight is 473 g/mol. The maximum absolute atomic E-state index is 13.2. The average Bonchev–Trinajstić information content (AvgIpc) is 3.30. The minimum atomic E-state index is -0.243. The number of hydrogen-bond donors (Lipinski definition) is 1. The van der Waals surface area contributed by atoms with Gasteiger partial charge in [-0.25, -0.2) is 4.68 Å². The van der Waals surface area contributed by atoms with Gasteiger partial charge in [-0.2, -0.15) is 0 Å². The van der Waals surface area contributed by atoms with Crippen LogP contribution in [-0.4, -0.2) is 36.6 Å². The summed E-state index contributed by atoms with van der Waals surface area (Å²) in [6.07, 6.45) is 1.70. The summed E-state index contributed by atoms with van der Waals surface area (Å²) in [7, 11) is 0. The van der Waals surface area contributed by atoms with Crippen molar-refractivity contribution in [3.8, 4) is 0 Å². The van der Waals surface area contributed by atoms with Gasteiger partial charge in [0.1, 0.15) is 0 Å². The molecule has 0 amide bonds. The minimum Gasteiger partial charge on any atom is -0.321 e. The van der Waals surface area contributed by atoms with E-state index in [9.17, 15) is 4.79 Å². The van der Waals surface area contributed by atoms with Crippen LogP contribution in [0.25, 0.3) is 10.9 Å². The van der Waals surface area contributed by atoms with Crippen LogP contribution in [0.5, 0.6) is 0 Å². The largest absolute Gasteiger partial charge is 0.321 e. The third-order valence-electron chi connectivity index (χ3n) is 6.53. The molecule has 0 saturated carbocycles. The van der Waals surface area contributed by atoms with Gasteiger partial charge in [0.05, 0.1) is 17.1 Å². The number of H-pyrrole nitrogens is 1. The predicted molar refractivity (Wildman–Crippen MR) is 140 cm³/mol. The number of nitrogens with zero attached hydrogens (tertiary/aromatic N) is 5. The third-order valence-corrected chi connectivity index (χ3v) is 6.53. The van der Waals surface area contributed by atoms with Crippen molar-refractivity contribution in [1.82, 2.24) is 30.1 Å². The quantitative estimate of drug-likeness (QED) is 0.387. The molecule has 2 aromatic heterocycles. The van der Waals surface area contributed by atoms with Gasteiger partial charge >= 0.3 is 0 Å². The number of tetrazole rings is 1. The van der Waals surface area contributed by atoms with Crippen LogP contribution in [0, 0.1) is 13.8 Å². The molecular formula is C28H36N6O. The van der Waals surface area contributed by atoms with E-state index in [1.165, 1.54) is 11.1 Å². The molecule has 35 heavy (non-hydrogen) atoms. The molecule has 0 unspecified atom stereocenters. The zero-order valence-corrected chi connectivity index (χ0v) is 21.7. The Bertz CT molecular complexity index is 1350. The lowest BCUT2D eigenvalue weighted by Crippen LogP contribution is -2.36. The molecule has 0 aliphatic heterocycles. The third kappa shape index (κ3) is 5.51. The molecule has 1 atom stereocenters. The molecule has 1 N–H and O–H groups in total. The number of rotatable bonds is 8. The Morgan fingerprint density at radius 2 is 1.83 bits per heavy atom. The van der Waals surface area contributed by atoms with E-state index in [2.05, 4.69) is 96.4 Å². The fourth-order valence-electron chi connectivity index (χ4n) is 4.81. The fraction of sp³-hybridized carbons (Fsp3) is 0.429. The molecule has 4 rings (SSSR count). The number of aryl methyl sites for hydroxylation is 2. The van der Waals surface area contributed by atoms with Crippen LogP contribution < -0.4 is 5.56 Å². The Labute approximate surface area is 207 Å². The zero-order valence-electron chi connectivity index (χ0n) is 21.7. The van der Waals surface area contributed by atoms with Gasteiger partial charge in [0, 0.05) is 18.7 Å². The molecule has 0 spiro atoms. The first-order valence-corrected chi connectivity index (χ1v) is 12.4. The highest BCUT2D eigenvalue weighted by Crippen LogP contribution is 2.28. The summed E-state index contributed by atoms with van der Waals surface area (Å²) in [6, 6.07) is 16.7. The molecule has 7 nitrogen and oxygen atoms in total. The van der Waals surface area contributed by atoms with Gasteiger partial charge in [-0.3, -0.25) is 9.69 Å². The van der Waals surface area contributed by atoms with Gasteiger partial charge in [-0.15, -0.1) is 5.10 Å². The molecule has 0 aliphatic rings. The fourth-order valence-corrected chi connectivity index (χ4v) is 4.81. The van der Waals surface area contributed by atoms with E-state index in [0.29, 0.717) is 6.54 Å². The van der Waals surface area contributed by atoms with E-state index < -0.39 is 0 Å². The van der Waals surface area contributed by atoms with Crippen molar-refractivity contribution < 1.29 is 0 Å². The molecule has 2 aromatic carbocycles. The molecule has 0 bridgehead atoms. The summed E-state index contributed by atoms with van der Waals surface area (Å²) >= 11 is 0. The number of aromatic nitrogens is 5. The Morgan fingerprint density at radius 1 is 1.09 bits per heavy atom. The van der Waals surface area contributed by atoms with E-state index in [1.807, 2.05) is 23.7 Å². The van der Waals surface area contributed by atoms with Crippen molar-refractivity contribution in [2.75, 3.05) is 6.54 Å². The topological polar surface area (TPSA) is 79.7 Å². The van der Waals surface area contributed by atoms with Gasteiger partial charge in [0.25, 0.3) is 5.56 Å². The summed E-state index contributed by atoms with van der Waals surface area (Å²) in [4.78, 5) is 18.7. The van der Waals surface area contributed by atoms with Crippen molar-refractivity contribution in [1.29, 1.82) is 0 Å². The molecule has 2 heterocycles. The van der Waals surface area contributed by atoms with Crippen molar-refractivity contribution in [3.63, 3.8) is 0 Å². The van der Waals surface area contributed by atoms with Crippen LogP contribution >= 0.6 is 0 Å². The van der Waals surface area contributed by atoms with Crippen LogP contribution in [0.3, 0.4) is 0 Å². The summed E-state index contributed by atoms with van der Waals surface area (Å²) in [5, 5.41) is 13.8. The molecule has 7 heteroatoms. The van der Waals surface area contributed by atoms with E-state index in [4.69, 9.17) is 0 Å². The molecule has 184 valence electrons. The first-order chi connectivity index (χ1) is 16.7. The lowest BCUT2D eigenvalue weighted by Gasteiger charge is -2.32. The van der Waals surface area contributed by atoms with E-state index >= 15 is 0 Å². The maximum atomic E-state index is 13.2. The maximum Gasteiger partial charge on any atom is 0.252 e. The number of benzene rings is 2. The lowest BCUT2D eigenvalue weighted by molar-refractivity contribution is 0.163. The summed E-state index contributed by atoms with van der Waals surface area (Å²) < 4.78 is 1.91. The van der Waals surface area contributed by atoms with Crippen molar-refractivity contribution in [3.05, 3.63) is 87.0 Å². The van der Waals surface area contributed by atoms with Gasteiger partial charge in [-0.1, -0.05) is 48.9 Å². The molecule has 0 fully saturated rings. The summed E-state index contributed by atoms with van der Waals surface area (Å²) in [6.45, 7) is 13.9. The first kappa shape index (κ1) is 24.8. The highest BCUT2D eigenvalue weighted by atomic mass is 16.1. The van der Waals surface area contributed by atoms with Gasteiger partial charge < -0.3 is 4.98 Å². The van der Waals surface area contributed by atoms with E-state index in [0.717, 1.165) is 47.2 Å². The van der Waals surface area contributed by atoms with Gasteiger partial charge in [-0.05, 0) is 86.5 Å². The Balaban J connectivity index is 1.74. The predicted octanol–water partition coefficient (Wildman–Crippen LogP) is 5.08. The van der Waals surface area contributed by atoms with Crippen molar-refractivity contribution >= 4 is 10.9 Å². The molecule has 0 aliphatic carbocycles. The van der Waals surface area contributed by atoms with Crippen LogP contribution in [-0.2, 0) is 18.5 Å². The summed E-state index contributed by atoms with van der Waals surface area (Å²) in [5.74, 6) is 0.831. The Hall–Kier alpha value is -3.32. The Morgan fingerprint density at radius 3 is 2.51 bits per heavy atom. The van der Waals surface area contributed by atoms with Crippen LogP contribution in [0.2, 0.25) is 0 Å². The monoisotopic (exact) mass is 472 g/mol. The highest BCUT2D eigenvalue weighted by molar-refractivity contribution is 5.82. The second-order valence-corrected chi connectivity index (χ2v) is 10.4. The molecule has 0 saturated heterocycles. The molecule has 4 aromatic rings. The van der Waals surface area contributed by atoms with Crippen LogP contribution in [0.4, 0.5) is 0 Å². The molecule has 0 radical (unpaired) electrons. The van der Waals surface area contributed by atoms with E-state index in [-0.39, 0.29) is 17.1 Å². The van der Waals surface area contributed by atoms with Crippen LogP contribution in [0.1, 0.15) is 68.2 Å². The number of nitrogens with one attached hydrogen (secondary N) is 1. The highest BCUT2D eigenvalue weighted by Gasteiger charge is 2.29. The smallest absolute Gasteiger partial charge is 0.252 e. The van der Waals surface area contributed by atoms with E-state index in [1.54, 1.807) is 0 Å². The number of pyridine rings is 1. The number of hydrogen-bond acceptors (Lipinski definition) is 5. The number of aromatic amines is 1. The SMILES string of the molecule is CC[C@H](c1nnnn1C(C)(C)C)N(CCc1ccccc1)Cc1cc2cc(C)cc(C)c2[nH]c1=O. The second kappa shape index (κ2) is 10.1. The minimum absolute atomic E-state index is 0.0257. The number of fused-ring (bicyclic) bond motifs is 1. The van der Waals surface area contributed by atoms with Crippen LogP contribution in [0.15, 0.2) is 53.3 Å². The molecular weight excluding hydrogens is 436 g/mol. The Kier molecular flexibility index (Phi) is 7.17. The second-order valence-electron chi connectivity index (χ2n) is 10.4. The summed E-state index contributed by atoms with van der Waals surface area (Å²) in [5.41, 5.74) is 4.91. The van der Waals surface area contributed by atoms with Gasteiger partial charge in [0.15, 0.2) is 5.82 Å². The standard InChI is InChI=1S/C28H36N6O/c1-7-24(26-30-31-32-34(26)28(4,5)6)33(14-13-21-11-9-8-10-12-21)18-23-17-22-16-19(2)15-20(3)25(22)29-27(23)35/h8-12,15-17,24H,7,13-14,18H2,1-6H3,(H,29,35)/t24-/m1/s1. The van der Waals surface area contributed by atoms with Crippen molar-refractivity contribution in [2.24, 2.45) is 0 Å². The zero-order chi connectivity index (χ0) is 25.2. The van der Waals surface area contributed by atoms with Crippen molar-refractivity contribution in [2.45, 2.75) is 72.5 Å². The lowest BCUT2D eigenvalue weighted by atomic mass is 10.0. The first-order valence-electron chi connectivity index (χ1n) is 12.4. The van der Waals surface area contributed by atoms with Gasteiger partial charge in [0.2, 0.25) is 0 Å². The normalized spacial score (nSPS) is 13.0.